The van der Waals surface area contributed by atoms with Crippen molar-refractivity contribution in [3.05, 3.63) is 437 Å². The van der Waals surface area contributed by atoms with Gasteiger partial charge in [-0.3, -0.25) is 0 Å². The van der Waals surface area contributed by atoms with E-state index in [4.69, 9.17) is 0 Å². The van der Waals surface area contributed by atoms with Crippen molar-refractivity contribution in [2.24, 2.45) is 0 Å². The summed E-state index contributed by atoms with van der Waals surface area (Å²) in [6.45, 7) is 0. The second-order valence-corrected chi connectivity index (χ2v) is 34.9. The van der Waals surface area contributed by atoms with Crippen LogP contribution in [0.5, 0.6) is 0 Å². The Bertz CT molecular complexity index is 8840. The van der Waals surface area contributed by atoms with E-state index < -0.39 is 0 Å². The average molecular weight is 1620 g/mol. The third-order valence-electron chi connectivity index (χ3n) is 24.9. The van der Waals surface area contributed by atoms with Crippen LogP contribution in [-0.4, -0.2) is 27.4 Å². The van der Waals surface area contributed by atoms with Crippen molar-refractivity contribution >= 4 is 193 Å². The lowest BCUT2D eigenvalue weighted by molar-refractivity contribution is 1.18. The molecule has 9 heterocycles. The van der Waals surface area contributed by atoms with Gasteiger partial charge in [0.2, 0.25) is 0 Å². The van der Waals surface area contributed by atoms with Crippen LogP contribution in [-0.2, 0) is 0 Å². The predicted octanol–water partition coefficient (Wildman–Crippen LogP) is 32.3. The van der Waals surface area contributed by atoms with Gasteiger partial charge < -0.3 is 27.4 Å². The summed E-state index contributed by atoms with van der Waals surface area (Å²) in [7, 11) is 0. The maximum atomic E-state index is 2.43. The minimum Gasteiger partial charge on any atom is -0.309 e. The van der Waals surface area contributed by atoms with Gasteiger partial charge in [0.15, 0.2) is 0 Å². The zero-order chi connectivity index (χ0) is 80.7. The van der Waals surface area contributed by atoms with Crippen LogP contribution in [0.2, 0.25) is 0 Å². The van der Waals surface area contributed by atoms with Gasteiger partial charge in [-0.2, -0.15) is 0 Å². The molecular weight excluding hydrogens is 1550 g/mol. The number of thiophene rings is 3. The van der Waals surface area contributed by atoms with Crippen molar-refractivity contribution in [3.8, 4) is 67.5 Å². The van der Waals surface area contributed by atoms with Gasteiger partial charge in [-0.05, 0) is 173 Å². The lowest BCUT2D eigenvalue weighted by Gasteiger charge is -2.12. The summed E-state index contributed by atoms with van der Waals surface area (Å²) in [6, 6.07) is 158. The molecule has 0 aliphatic rings. The Kier molecular flexibility index (Phi) is 16.5. The number of fused-ring (bicyclic) bond motifs is 24. The number of para-hydroxylation sites is 13. The monoisotopic (exact) mass is 1620 g/mol. The Hall–Kier alpha value is -15.4. The fourth-order valence-corrected chi connectivity index (χ4v) is 23.4. The topological polar surface area (TPSA) is 29.6 Å². The lowest BCUT2D eigenvalue weighted by Crippen LogP contribution is -1.95. The second kappa shape index (κ2) is 28.7. The molecule has 123 heavy (non-hydrogen) atoms. The largest absolute Gasteiger partial charge is 0.309 e. The van der Waals surface area contributed by atoms with E-state index in [0.717, 1.165) is 0 Å². The van der Waals surface area contributed by atoms with Crippen molar-refractivity contribution in [2.75, 3.05) is 0 Å². The fraction of sp³-hybridized carbons (Fsp3) is 0. The molecule has 0 spiro atoms. The molecule has 0 radical (unpaired) electrons. The molecule has 0 unspecified atom stereocenters. The summed E-state index contributed by atoms with van der Waals surface area (Å²) in [4.78, 5) is 0. The summed E-state index contributed by atoms with van der Waals surface area (Å²) in [6.07, 6.45) is 0. The van der Waals surface area contributed by atoms with E-state index in [1.807, 2.05) is 34.0 Å². The average Bonchev–Trinajstić information content (AvgIpc) is 1.64. The Morgan fingerprint density at radius 3 is 0.797 bits per heavy atom. The van der Waals surface area contributed by atoms with E-state index in [1.165, 1.54) is 227 Å². The highest BCUT2D eigenvalue weighted by Crippen LogP contribution is 2.50. The molecule has 0 N–H and O–H groups in total. The van der Waals surface area contributed by atoms with Crippen molar-refractivity contribution < 1.29 is 0 Å². The summed E-state index contributed by atoms with van der Waals surface area (Å²) < 4.78 is 22.4. The van der Waals surface area contributed by atoms with Gasteiger partial charge in [0, 0.05) is 118 Å². The molecular formula is C114H72N6S3. The number of hydrogen-bond acceptors (Lipinski definition) is 3. The van der Waals surface area contributed by atoms with E-state index in [9.17, 15) is 0 Å². The molecule has 0 saturated heterocycles. The Morgan fingerprint density at radius 2 is 0.390 bits per heavy atom. The molecule has 9 heteroatoms. The molecule has 0 aliphatic heterocycles. The highest BCUT2D eigenvalue weighted by atomic mass is 32.1. The van der Waals surface area contributed by atoms with Crippen LogP contribution in [0, 0.1) is 0 Å². The van der Waals surface area contributed by atoms with Gasteiger partial charge in [-0.1, -0.05) is 291 Å². The lowest BCUT2D eigenvalue weighted by atomic mass is 10.0. The predicted molar refractivity (Wildman–Crippen MR) is 528 cm³/mol. The first-order chi connectivity index (χ1) is 61.1. The molecule has 0 aliphatic carbocycles. The van der Waals surface area contributed by atoms with Crippen molar-refractivity contribution in [3.63, 3.8) is 0 Å². The van der Waals surface area contributed by atoms with Gasteiger partial charge in [0.1, 0.15) is 0 Å². The molecule has 27 aromatic rings. The van der Waals surface area contributed by atoms with E-state index >= 15 is 0 Å². The van der Waals surface area contributed by atoms with Gasteiger partial charge in [-0.15, -0.1) is 34.0 Å². The molecule has 18 aromatic carbocycles. The SMILES string of the molecule is c1ccc(-n2c3ccccc3c3cc(-c4ccc5c(c4)sc4c6ccccc6n(-c6ccccc6)c54)ccc32)cc1.c1ccc(-n2c3ccccc3c3ccc(-c4ccc5c(c4)sc4c6ccccc6n(-c6ccccc6)c54)cc32)cc1.c1ccc(-n2c3ccccc3c3cccc(-c4ccc5c(c4)sc4c6ccccc6n(-c6ccccc6)c54)c32)cc1. The maximum Gasteiger partial charge on any atom is 0.0727 e. The Morgan fingerprint density at radius 1 is 0.138 bits per heavy atom. The molecule has 6 nitrogen and oxygen atoms in total. The molecule has 9 aromatic heterocycles. The van der Waals surface area contributed by atoms with Crippen LogP contribution in [0.4, 0.5) is 0 Å². The van der Waals surface area contributed by atoms with Gasteiger partial charge in [-0.25, -0.2) is 0 Å². The van der Waals surface area contributed by atoms with Gasteiger partial charge in [0.25, 0.3) is 0 Å². The quantitative estimate of drug-likeness (QED) is 0.138. The molecule has 0 atom stereocenters. The normalized spacial score (nSPS) is 11.9. The first kappa shape index (κ1) is 70.6. The number of aromatic nitrogens is 6. The van der Waals surface area contributed by atoms with Gasteiger partial charge >= 0.3 is 0 Å². The van der Waals surface area contributed by atoms with Crippen LogP contribution < -0.4 is 0 Å². The van der Waals surface area contributed by atoms with E-state index in [1.54, 1.807) is 0 Å². The third kappa shape index (κ3) is 11.3. The fourth-order valence-electron chi connectivity index (χ4n) is 19.6. The summed E-state index contributed by atoms with van der Waals surface area (Å²) >= 11 is 5.69. The highest BCUT2D eigenvalue weighted by Gasteiger charge is 2.25. The van der Waals surface area contributed by atoms with E-state index in [2.05, 4.69) is 464 Å². The Labute approximate surface area is 719 Å². The smallest absolute Gasteiger partial charge is 0.0727 e. The second-order valence-electron chi connectivity index (χ2n) is 31.8. The maximum absolute atomic E-state index is 2.43. The number of benzene rings is 18. The van der Waals surface area contributed by atoms with Crippen LogP contribution >= 0.6 is 34.0 Å². The molecule has 0 fully saturated rings. The minimum absolute atomic E-state index is 1.18. The standard InChI is InChI=1S/3C38H24N2S/c1-3-12-26(13-4-1)39-33-20-9-7-16-29(33)30-19-11-18-28(36(30)39)25-22-23-32-35(24-25)41-38-31-17-8-10-21-34(31)40(37(32)38)27-14-5-2-6-15-27;1-3-11-27(12-4-1)39-33-17-9-7-15-29(33)32-23-25(20-22-35(32)39)26-19-21-31-36(24-26)41-38-30-16-8-10-18-34(30)40(37(31)38)28-13-5-2-6-14-28;1-3-11-27(12-4-1)39-33-17-9-7-15-29(33)30-21-19-25(23-35(30)39)26-20-22-32-36(24-26)41-38-31-16-8-10-18-34(31)40(37(32)38)28-13-5-2-6-14-28/h3*1-24H. The molecule has 0 bridgehead atoms. The molecule has 576 valence electrons. The summed E-state index contributed by atoms with van der Waals surface area (Å²) in [5.74, 6) is 0. The van der Waals surface area contributed by atoms with Crippen molar-refractivity contribution in [1.29, 1.82) is 0 Å². The van der Waals surface area contributed by atoms with Crippen molar-refractivity contribution in [2.45, 2.75) is 0 Å². The molecule has 0 saturated carbocycles. The molecule has 0 amide bonds. The first-order valence-corrected chi connectivity index (χ1v) is 44.3. The number of nitrogens with zero attached hydrogens (tertiary/aromatic N) is 6. The number of rotatable bonds is 9. The van der Waals surface area contributed by atoms with Crippen molar-refractivity contribution in [1.82, 2.24) is 27.4 Å². The number of hydrogen-bond donors (Lipinski definition) is 0. The summed E-state index contributed by atoms with van der Waals surface area (Å²) in [5.41, 5.74) is 29.6. The zero-order valence-corrected chi connectivity index (χ0v) is 68.9. The first-order valence-electron chi connectivity index (χ1n) is 41.9. The van der Waals surface area contributed by atoms with Crippen LogP contribution in [0.25, 0.3) is 227 Å². The van der Waals surface area contributed by atoms with Crippen LogP contribution in [0.1, 0.15) is 0 Å². The van der Waals surface area contributed by atoms with Crippen LogP contribution in [0.15, 0.2) is 437 Å². The third-order valence-corrected chi connectivity index (χ3v) is 28.5. The van der Waals surface area contributed by atoms with Gasteiger partial charge in [0.05, 0.1) is 80.3 Å². The van der Waals surface area contributed by atoms with Crippen LogP contribution in [0.3, 0.4) is 0 Å². The molecule has 27 rings (SSSR count). The zero-order valence-electron chi connectivity index (χ0n) is 66.5. The summed E-state index contributed by atoms with van der Waals surface area (Å²) in [5, 5.41) is 15.5. The van der Waals surface area contributed by atoms with E-state index in [0.29, 0.717) is 0 Å². The minimum atomic E-state index is 1.18. The van der Waals surface area contributed by atoms with E-state index in [-0.39, 0.29) is 0 Å². The highest BCUT2D eigenvalue weighted by molar-refractivity contribution is 7.27. The Balaban J connectivity index is 0.000000101.